The van der Waals surface area contributed by atoms with Gasteiger partial charge in [0.15, 0.2) is 0 Å². The number of hydrogen-bond donors (Lipinski definition) is 0. The van der Waals surface area contributed by atoms with E-state index in [1.165, 1.54) is 99.3 Å². The normalized spacial score (nSPS) is 13.2. The summed E-state index contributed by atoms with van der Waals surface area (Å²) < 4.78 is 0. The summed E-state index contributed by atoms with van der Waals surface area (Å²) >= 11 is 0. The molecule has 0 saturated carbocycles. The molecule has 0 unspecified atom stereocenters. The van der Waals surface area contributed by atoms with Crippen molar-refractivity contribution < 1.29 is 0 Å². The topological polar surface area (TPSA) is 0 Å². The first-order valence-corrected chi connectivity index (χ1v) is 12.3. The molecular weight excluding hydrogens is 372 g/mol. The molecule has 2 aromatic carbocycles. The molecule has 0 aromatic heterocycles. The quantitative estimate of drug-likeness (QED) is 0.298. The van der Waals surface area contributed by atoms with Crippen LogP contribution >= 0.6 is 0 Å². The summed E-state index contributed by atoms with van der Waals surface area (Å²) in [5.74, 6) is 0. The minimum absolute atomic E-state index is 0. The summed E-state index contributed by atoms with van der Waals surface area (Å²) in [5, 5.41) is 0. The zero-order chi connectivity index (χ0) is 20.7. The second kappa shape index (κ2) is 13.1. The maximum absolute atomic E-state index is 2.52. The molecule has 2 aromatic rings. The van der Waals surface area contributed by atoms with Gasteiger partial charge in [-0.2, -0.15) is 0 Å². The Morgan fingerprint density at radius 1 is 0.548 bits per heavy atom. The van der Waals surface area contributed by atoms with Crippen LogP contribution in [0.1, 0.15) is 128 Å². The molecule has 0 spiro atoms. The minimum Gasteiger partial charge on any atom is -0.0776 e. The lowest BCUT2D eigenvalue weighted by molar-refractivity contribution is 0.398. The fourth-order valence-corrected chi connectivity index (χ4v) is 5.45. The fraction of sp³-hybridized carbons (Fsp3) is 0.613. The Kier molecular flexibility index (Phi) is 11.6. The molecule has 0 N–H and O–H groups in total. The van der Waals surface area contributed by atoms with E-state index in [1.54, 1.807) is 11.1 Å². The second-order valence-electron chi connectivity index (χ2n) is 9.51. The zero-order valence-electron chi connectivity index (χ0n) is 19.4. The van der Waals surface area contributed by atoms with Crippen molar-refractivity contribution in [2.75, 3.05) is 0 Å². The Morgan fingerprint density at radius 3 is 1.32 bits per heavy atom. The zero-order valence-corrected chi connectivity index (χ0v) is 19.4. The van der Waals surface area contributed by atoms with Gasteiger partial charge in [-0.15, -0.1) is 0 Å². The van der Waals surface area contributed by atoms with Gasteiger partial charge in [-0.25, -0.2) is 0 Å². The van der Waals surface area contributed by atoms with E-state index in [-0.39, 0.29) is 20.3 Å². The van der Waals surface area contributed by atoms with Crippen LogP contribution in [0, 0.1) is 13.8 Å². The number of fused-ring (bicyclic) bond motifs is 3. The summed E-state index contributed by atoms with van der Waals surface area (Å²) in [4.78, 5) is 0. The molecule has 0 saturated heterocycles. The van der Waals surface area contributed by atoms with Crippen LogP contribution in [-0.4, -0.2) is 0 Å². The van der Waals surface area contributed by atoms with E-state index >= 15 is 0 Å². The van der Waals surface area contributed by atoms with Gasteiger partial charge >= 0.3 is 0 Å². The van der Waals surface area contributed by atoms with Gasteiger partial charge in [0.05, 0.1) is 0 Å². The number of aryl methyl sites for hydroxylation is 2. The van der Waals surface area contributed by atoms with Gasteiger partial charge in [0.2, 0.25) is 0 Å². The average molecular weight is 423 g/mol. The molecule has 174 valence electrons. The molecule has 0 heteroatoms. The fourth-order valence-electron chi connectivity index (χ4n) is 5.45. The van der Waals surface area contributed by atoms with Gasteiger partial charge in [-0.1, -0.05) is 140 Å². The molecule has 0 bridgehead atoms. The van der Waals surface area contributed by atoms with Gasteiger partial charge in [0, 0.05) is 5.41 Å². The first-order valence-electron chi connectivity index (χ1n) is 12.3. The molecule has 0 amide bonds. The van der Waals surface area contributed by atoms with Crippen molar-refractivity contribution in [3.05, 3.63) is 58.7 Å². The Morgan fingerprint density at radius 2 is 0.935 bits per heavy atom. The van der Waals surface area contributed by atoms with Crippen molar-refractivity contribution in [3.8, 4) is 11.1 Å². The average Bonchev–Trinajstić information content (AvgIpc) is 2.96. The number of benzene rings is 2. The number of unbranched alkanes of at least 4 members (excludes halogenated alkanes) is 8. The molecule has 31 heavy (non-hydrogen) atoms. The summed E-state index contributed by atoms with van der Waals surface area (Å²) in [6.07, 6.45) is 16.3. The highest BCUT2D eigenvalue weighted by atomic mass is 14.4. The summed E-state index contributed by atoms with van der Waals surface area (Å²) in [6, 6.07) is 14.4. The maximum atomic E-state index is 2.52. The first-order chi connectivity index (χ1) is 14.1. The van der Waals surface area contributed by atoms with Crippen molar-refractivity contribution in [1.82, 2.24) is 0 Å². The Bertz CT molecular complexity index is 715. The molecule has 1 aliphatic carbocycles. The van der Waals surface area contributed by atoms with Crippen LogP contribution in [0.2, 0.25) is 0 Å². The van der Waals surface area contributed by atoms with Gasteiger partial charge in [-0.3, -0.25) is 0 Å². The summed E-state index contributed by atoms with van der Waals surface area (Å²) in [7, 11) is 0. The van der Waals surface area contributed by atoms with E-state index in [2.05, 4.69) is 64.1 Å². The predicted octanol–water partition coefficient (Wildman–Crippen LogP) is 10.6. The van der Waals surface area contributed by atoms with Gasteiger partial charge in [0.1, 0.15) is 0 Å². The van der Waals surface area contributed by atoms with E-state index in [0.29, 0.717) is 0 Å². The lowest BCUT2D eigenvalue weighted by atomic mass is 9.70. The molecule has 0 nitrogen and oxygen atoms in total. The van der Waals surface area contributed by atoms with Gasteiger partial charge in [0.25, 0.3) is 0 Å². The highest BCUT2D eigenvalue weighted by Crippen LogP contribution is 2.54. The lowest BCUT2D eigenvalue weighted by Crippen LogP contribution is -2.25. The van der Waals surface area contributed by atoms with Crippen molar-refractivity contribution in [2.45, 2.75) is 125 Å². The molecule has 0 fully saturated rings. The maximum Gasteiger partial charge on any atom is 0.0215 e. The van der Waals surface area contributed by atoms with Crippen LogP contribution < -0.4 is 0 Å². The Hall–Kier alpha value is -1.56. The third kappa shape index (κ3) is 6.24. The predicted molar refractivity (Wildman–Crippen MR) is 142 cm³/mol. The van der Waals surface area contributed by atoms with E-state index in [0.717, 1.165) is 0 Å². The van der Waals surface area contributed by atoms with Crippen LogP contribution in [0.5, 0.6) is 0 Å². The first kappa shape index (κ1) is 27.5. The molecule has 0 aliphatic heterocycles. The molecule has 0 radical (unpaired) electrons. The van der Waals surface area contributed by atoms with Crippen LogP contribution in [0.15, 0.2) is 36.4 Å². The summed E-state index contributed by atoms with van der Waals surface area (Å²) in [6.45, 7) is 9.16. The molecule has 0 atom stereocenters. The van der Waals surface area contributed by atoms with Crippen molar-refractivity contribution in [3.63, 3.8) is 0 Å². The van der Waals surface area contributed by atoms with Crippen molar-refractivity contribution in [1.29, 1.82) is 0 Å². The number of rotatable bonds is 12. The standard InChI is InChI=1S/C29H42.2CH4/c1-5-7-9-11-13-19-29(20-14-12-10-8-6-2)27-21-23(3)15-17-25(27)26-18-16-24(4)22-28(26)29;;/h15-18,21-22H,5-14,19-20H2,1-4H3;2*1H4. The SMILES string of the molecule is C.C.CCCCCCCC1(CCCCCCC)c2cc(C)ccc2-c2ccc(C)cc21. The molecule has 1 aliphatic rings. The largest absolute Gasteiger partial charge is 0.0776 e. The highest BCUT2D eigenvalue weighted by Gasteiger charge is 2.42. The third-order valence-electron chi connectivity index (χ3n) is 7.09. The van der Waals surface area contributed by atoms with Crippen LogP contribution in [0.3, 0.4) is 0 Å². The van der Waals surface area contributed by atoms with Gasteiger partial charge < -0.3 is 0 Å². The smallest absolute Gasteiger partial charge is 0.0215 e. The monoisotopic (exact) mass is 422 g/mol. The number of hydrogen-bond acceptors (Lipinski definition) is 0. The van der Waals surface area contributed by atoms with E-state index < -0.39 is 0 Å². The van der Waals surface area contributed by atoms with E-state index in [1.807, 2.05) is 0 Å². The van der Waals surface area contributed by atoms with Crippen LogP contribution in [0.25, 0.3) is 11.1 Å². The van der Waals surface area contributed by atoms with E-state index in [9.17, 15) is 0 Å². The third-order valence-corrected chi connectivity index (χ3v) is 7.09. The van der Waals surface area contributed by atoms with Crippen LogP contribution in [0.4, 0.5) is 0 Å². The van der Waals surface area contributed by atoms with Crippen molar-refractivity contribution in [2.24, 2.45) is 0 Å². The molecule has 0 heterocycles. The Balaban J connectivity index is 0.00000240. The summed E-state index contributed by atoms with van der Waals surface area (Å²) in [5.41, 5.74) is 9.33. The van der Waals surface area contributed by atoms with Crippen LogP contribution in [-0.2, 0) is 5.41 Å². The van der Waals surface area contributed by atoms with Crippen molar-refractivity contribution >= 4 is 0 Å². The molecular formula is C31H50. The highest BCUT2D eigenvalue weighted by molar-refractivity contribution is 5.81. The van der Waals surface area contributed by atoms with E-state index in [4.69, 9.17) is 0 Å². The van der Waals surface area contributed by atoms with Gasteiger partial charge in [-0.05, 0) is 48.9 Å². The molecule has 3 rings (SSSR count). The Labute approximate surface area is 194 Å². The second-order valence-corrected chi connectivity index (χ2v) is 9.51. The minimum atomic E-state index is 0. The lowest BCUT2D eigenvalue weighted by Gasteiger charge is -2.33.